The van der Waals surface area contributed by atoms with Gasteiger partial charge in [-0.2, -0.15) is 0 Å². The fourth-order valence-electron chi connectivity index (χ4n) is 1.77. The second kappa shape index (κ2) is 5.96. The van der Waals surface area contributed by atoms with Crippen LogP contribution in [0, 0.1) is 0 Å². The van der Waals surface area contributed by atoms with Gasteiger partial charge in [0.05, 0.1) is 11.6 Å². The number of methoxy groups -OCH3 is 1. The summed E-state index contributed by atoms with van der Waals surface area (Å²) in [7, 11) is 1.67. The highest BCUT2D eigenvalue weighted by Crippen LogP contribution is 2.27. The third kappa shape index (κ3) is 3.07. The second-order valence-corrected chi connectivity index (χ2v) is 4.91. The van der Waals surface area contributed by atoms with Gasteiger partial charge in [-0.25, -0.2) is 0 Å². The van der Waals surface area contributed by atoms with Gasteiger partial charge in [0.25, 0.3) is 0 Å². The molecule has 18 heavy (non-hydrogen) atoms. The Morgan fingerprint density at radius 1 is 1.33 bits per heavy atom. The van der Waals surface area contributed by atoms with Gasteiger partial charge < -0.3 is 14.6 Å². The average Bonchev–Trinajstić information content (AvgIpc) is 2.84. The number of anilines is 1. The second-order valence-electron chi connectivity index (χ2n) is 4.05. The van der Waals surface area contributed by atoms with Gasteiger partial charge in [-0.15, -0.1) is 0 Å². The van der Waals surface area contributed by atoms with Crippen LogP contribution in [-0.4, -0.2) is 11.7 Å². The van der Waals surface area contributed by atoms with Crippen molar-refractivity contribution in [3.63, 3.8) is 0 Å². The number of hydrogen-bond acceptors (Lipinski definition) is 2. The molecule has 0 saturated carbocycles. The molecule has 1 heterocycles. The number of aromatic nitrogens is 1. The molecule has 1 aromatic heterocycles. The number of ether oxygens (including phenoxy) is 1. The van der Waals surface area contributed by atoms with E-state index in [-0.39, 0.29) is 0 Å². The molecule has 0 radical (unpaired) electrons. The topological polar surface area (TPSA) is 26.2 Å². The molecule has 3 nitrogen and oxygen atoms in total. The lowest BCUT2D eigenvalue weighted by atomic mass is 10.3. The van der Waals surface area contributed by atoms with E-state index in [0.717, 1.165) is 29.0 Å². The largest absolute Gasteiger partial charge is 0.496 e. The van der Waals surface area contributed by atoms with Gasteiger partial charge in [0.15, 0.2) is 0 Å². The maximum Gasteiger partial charge on any atom is 0.133 e. The fraction of sp³-hybridized carbons (Fsp3) is 0.286. The van der Waals surface area contributed by atoms with Gasteiger partial charge >= 0.3 is 0 Å². The highest BCUT2D eigenvalue weighted by atomic mass is 79.9. The van der Waals surface area contributed by atoms with Crippen molar-refractivity contribution in [2.24, 2.45) is 0 Å². The van der Waals surface area contributed by atoms with Crippen LogP contribution in [0.2, 0.25) is 0 Å². The summed E-state index contributed by atoms with van der Waals surface area (Å²) >= 11 is 3.48. The van der Waals surface area contributed by atoms with Crippen molar-refractivity contribution in [1.82, 2.24) is 4.57 Å². The van der Waals surface area contributed by atoms with Crippen LogP contribution in [0.25, 0.3) is 0 Å². The van der Waals surface area contributed by atoms with Crippen LogP contribution in [0.15, 0.2) is 41.1 Å². The Hall–Kier alpha value is -1.42. The molecule has 0 spiro atoms. The summed E-state index contributed by atoms with van der Waals surface area (Å²) < 4.78 is 8.33. The Morgan fingerprint density at radius 3 is 2.78 bits per heavy atom. The van der Waals surface area contributed by atoms with Crippen LogP contribution in [0.4, 0.5) is 5.69 Å². The van der Waals surface area contributed by atoms with Crippen LogP contribution < -0.4 is 10.1 Å². The lowest BCUT2D eigenvalue weighted by Gasteiger charge is -2.08. The van der Waals surface area contributed by atoms with E-state index in [2.05, 4.69) is 51.2 Å². The Morgan fingerprint density at radius 2 is 2.17 bits per heavy atom. The SMILES string of the molecule is CCn1ccc(CNc2ccc(OC)c(Br)c2)c1. The molecular formula is C14H17BrN2O. The monoisotopic (exact) mass is 308 g/mol. The summed E-state index contributed by atoms with van der Waals surface area (Å²) in [5.41, 5.74) is 2.36. The first-order valence-electron chi connectivity index (χ1n) is 5.95. The standard InChI is InChI=1S/C14H17BrN2O/c1-3-17-7-6-11(10-17)9-16-12-4-5-14(18-2)13(15)8-12/h4-8,10,16H,3,9H2,1-2H3. The molecule has 0 bridgehead atoms. The van der Waals surface area contributed by atoms with Crippen LogP contribution in [0.5, 0.6) is 5.75 Å². The van der Waals surface area contributed by atoms with Crippen molar-refractivity contribution in [2.75, 3.05) is 12.4 Å². The molecule has 2 aromatic rings. The third-order valence-corrected chi connectivity index (χ3v) is 3.45. The van der Waals surface area contributed by atoms with Crippen molar-refractivity contribution < 1.29 is 4.74 Å². The molecule has 0 aliphatic rings. The normalized spacial score (nSPS) is 10.4. The first-order valence-corrected chi connectivity index (χ1v) is 6.74. The summed E-state index contributed by atoms with van der Waals surface area (Å²) in [6, 6.07) is 8.12. The lowest BCUT2D eigenvalue weighted by molar-refractivity contribution is 0.412. The summed E-state index contributed by atoms with van der Waals surface area (Å²) in [4.78, 5) is 0. The first-order chi connectivity index (χ1) is 8.72. The predicted molar refractivity (Wildman–Crippen MR) is 78.1 cm³/mol. The molecule has 0 fully saturated rings. The number of rotatable bonds is 5. The average molecular weight is 309 g/mol. The van der Waals surface area contributed by atoms with Gasteiger partial charge in [0.1, 0.15) is 5.75 Å². The molecule has 0 saturated heterocycles. The maximum absolute atomic E-state index is 5.20. The summed E-state index contributed by atoms with van der Waals surface area (Å²) in [6.07, 6.45) is 4.26. The third-order valence-electron chi connectivity index (χ3n) is 2.83. The highest BCUT2D eigenvalue weighted by Gasteiger charge is 2.01. The molecule has 2 rings (SSSR count). The van der Waals surface area contributed by atoms with Gasteiger partial charge in [0, 0.05) is 31.2 Å². The number of nitrogens with one attached hydrogen (secondary N) is 1. The van der Waals surface area contributed by atoms with E-state index < -0.39 is 0 Å². The lowest BCUT2D eigenvalue weighted by Crippen LogP contribution is -1.99. The zero-order valence-electron chi connectivity index (χ0n) is 10.6. The van der Waals surface area contributed by atoms with Gasteiger partial charge in [0.2, 0.25) is 0 Å². The van der Waals surface area contributed by atoms with Gasteiger partial charge in [-0.05, 0) is 52.7 Å². The van der Waals surface area contributed by atoms with Crippen LogP contribution in [-0.2, 0) is 13.1 Å². The number of halogens is 1. The minimum Gasteiger partial charge on any atom is -0.496 e. The zero-order valence-corrected chi connectivity index (χ0v) is 12.2. The smallest absolute Gasteiger partial charge is 0.133 e. The Balaban J connectivity index is 1.99. The zero-order chi connectivity index (χ0) is 13.0. The number of benzene rings is 1. The minimum atomic E-state index is 0.825. The molecule has 96 valence electrons. The number of aryl methyl sites for hydroxylation is 1. The number of hydrogen-bond donors (Lipinski definition) is 1. The molecule has 0 aliphatic heterocycles. The maximum atomic E-state index is 5.20. The van der Waals surface area contributed by atoms with E-state index in [0.29, 0.717) is 0 Å². The molecule has 0 unspecified atom stereocenters. The van der Waals surface area contributed by atoms with Gasteiger partial charge in [-0.1, -0.05) is 0 Å². The first kappa shape index (κ1) is 13.0. The van der Waals surface area contributed by atoms with Crippen molar-refractivity contribution in [1.29, 1.82) is 0 Å². The molecule has 0 atom stereocenters. The Labute approximate surface area is 116 Å². The van der Waals surface area contributed by atoms with E-state index in [9.17, 15) is 0 Å². The fourth-order valence-corrected chi connectivity index (χ4v) is 2.31. The Bertz CT molecular complexity index is 522. The van der Waals surface area contributed by atoms with Crippen molar-refractivity contribution in [3.8, 4) is 5.75 Å². The summed E-state index contributed by atoms with van der Waals surface area (Å²) in [6.45, 7) is 3.97. The number of nitrogens with zero attached hydrogens (tertiary/aromatic N) is 1. The minimum absolute atomic E-state index is 0.825. The molecular weight excluding hydrogens is 292 g/mol. The quantitative estimate of drug-likeness (QED) is 0.907. The van der Waals surface area contributed by atoms with Crippen molar-refractivity contribution in [2.45, 2.75) is 20.0 Å². The van der Waals surface area contributed by atoms with E-state index in [1.807, 2.05) is 18.2 Å². The summed E-state index contributed by atoms with van der Waals surface area (Å²) in [5.74, 6) is 0.845. The van der Waals surface area contributed by atoms with Crippen molar-refractivity contribution >= 4 is 21.6 Å². The predicted octanol–water partition coefficient (Wildman–Crippen LogP) is 3.89. The summed E-state index contributed by atoms with van der Waals surface area (Å²) in [5, 5.41) is 3.39. The molecule has 0 aliphatic carbocycles. The highest BCUT2D eigenvalue weighted by molar-refractivity contribution is 9.10. The molecule has 0 amide bonds. The van der Waals surface area contributed by atoms with Crippen LogP contribution >= 0.6 is 15.9 Å². The van der Waals surface area contributed by atoms with Gasteiger partial charge in [-0.3, -0.25) is 0 Å². The van der Waals surface area contributed by atoms with Crippen LogP contribution in [0.3, 0.4) is 0 Å². The van der Waals surface area contributed by atoms with Crippen LogP contribution in [0.1, 0.15) is 12.5 Å². The molecule has 4 heteroatoms. The van der Waals surface area contributed by atoms with E-state index in [1.54, 1.807) is 7.11 Å². The van der Waals surface area contributed by atoms with E-state index in [1.165, 1.54) is 5.56 Å². The van der Waals surface area contributed by atoms with E-state index in [4.69, 9.17) is 4.74 Å². The van der Waals surface area contributed by atoms with Crippen molar-refractivity contribution in [3.05, 3.63) is 46.7 Å². The Kier molecular flexibility index (Phi) is 4.31. The molecule has 1 aromatic carbocycles. The van der Waals surface area contributed by atoms with E-state index >= 15 is 0 Å². The molecule has 1 N–H and O–H groups in total.